The van der Waals surface area contributed by atoms with Crippen LogP contribution in [0.25, 0.3) is 0 Å². The Balaban J connectivity index is 0.00000324. The van der Waals surface area contributed by atoms with Gasteiger partial charge in [-0.05, 0) is 24.3 Å². The summed E-state index contributed by atoms with van der Waals surface area (Å²) in [6.45, 7) is 0. The molecular formula is C11H10ClKN2O4-. The molecule has 1 unspecified atom stereocenters. The van der Waals surface area contributed by atoms with E-state index in [1.807, 2.05) is 0 Å². The molecule has 1 aromatic rings. The Bertz CT molecular complexity index is 478. The molecule has 0 aromatic heterocycles. The average molecular weight is 309 g/mol. The Labute approximate surface area is 157 Å². The quantitative estimate of drug-likeness (QED) is 0.657. The third-order valence-electron chi connectivity index (χ3n) is 2.10. The third-order valence-corrected chi connectivity index (χ3v) is 2.35. The van der Waals surface area contributed by atoms with E-state index >= 15 is 0 Å². The fourth-order valence-electron chi connectivity index (χ4n) is 1.24. The van der Waals surface area contributed by atoms with Gasteiger partial charge in [-0.2, -0.15) is 0 Å². The summed E-state index contributed by atoms with van der Waals surface area (Å²) in [5.74, 6) is -3.07. The molecule has 0 aliphatic rings. The largest absolute Gasteiger partial charge is 0.548 e. The summed E-state index contributed by atoms with van der Waals surface area (Å²) in [4.78, 5) is 33.0. The molecule has 0 heterocycles. The number of carbonyl (C=O) groups is 3. The van der Waals surface area contributed by atoms with Crippen molar-refractivity contribution in [2.45, 2.75) is 12.5 Å². The smallest absolute Gasteiger partial charge is 0.251 e. The van der Waals surface area contributed by atoms with Crippen LogP contribution in [0.1, 0.15) is 16.8 Å². The van der Waals surface area contributed by atoms with Crippen LogP contribution in [-0.2, 0) is 9.59 Å². The number of nitrogens with one attached hydrogen (secondary N) is 1. The van der Waals surface area contributed by atoms with Gasteiger partial charge in [-0.1, -0.05) is 11.6 Å². The van der Waals surface area contributed by atoms with E-state index in [0.29, 0.717) is 5.02 Å². The Morgan fingerprint density at radius 2 is 1.79 bits per heavy atom. The molecular weight excluding hydrogens is 299 g/mol. The summed E-state index contributed by atoms with van der Waals surface area (Å²) in [5.41, 5.74) is 5.08. The Kier molecular flexibility index (Phi) is 8.47. The zero-order valence-electron chi connectivity index (χ0n) is 10.2. The summed E-state index contributed by atoms with van der Waals surface area (Å²) in [5, 5.41) is 13.3. The molecule has 2 amide bonds. The van der Waals surface area contributed by atoms with Crippen LogP contribution in [0.3, 0.4) is 0 Å². The van der Waals surface area contributed by atoms with Gasteiger partial charge in [-0.25, -0.2) is 0 Å². The van der Waals surface area contributed by atoms with Crippen LogP contribution < -0.4 is 16.2 Å². The van der Waals surface area contributed by atoms with Gasteiger partial charge >= 0.3 is 0 Å². The fourth-order valence-corrected chi connectivity index (χ4v) is 1.36. The van der Waals surface area contributed by atoms with Gasteiger partial charge in [0.2, 0.25) is 5.91 Å². The number of hydrogen-bond acceptors (Lipinski definition) is 4. The van der Waals surface area contributed by atoms with Crippen molar-refractivity contribution in [3.05, 3.63) is 34.9 Å². The van der Waals surface area contributed by atoms with Crippen LogP contribution in [0.15, 0.2) is 24.3 Å². The molecule has 1 aromatic carbocycles. The second-order valence-corrected chi connectivity index (χ2v) is 3.96. The van der Waals surface area contributed by atoms with Crippen molar-refractivity contribution < 1.29 is 19.5 Å². The zero-order valence-corrected chi connectivity index (χ0v) is 14.1. The summed E-state index contributed by atoms with van der Waals surface area (Å²) >= 11 is 5.64. The van der Waals surface area contributed by atoms with Gasteiger partial charge in [0.25, 0.3) is 5.91 Å². The van der Waals surface area contributed by atoms with Crippen LogP contribution in [0, 0.1) is 0 Å². The monoisotopic (exact) mass is 308 g/mol. The molecule has 97 valence electrons. The molecule has 0 saturated heterocycles. The predicted octanol–water partition coefficient (Wildman–Crippen LogP) is -1.32. The summed E-state index contributed by atoms with van der Waals surface area (Å²) in [6, 6.07) is 4.37. The summed E-state index contributed by atoms with van der Waals surface area (Å²) in [7, 11) is 0. The van der Waals surface area contributed by atoms with Crippen LogP contribution >= 0.6 is 11.6 Å². The molecule has 8 heteroatoms. The van der Waals surface area contributed by atoms with Crippen molar-refractivity contribution in [3.8, 4) is 0 Å². The second-order valence-electron chi connectivity index (χ2n) is 3.52. The van der Waals surface area contributed by atoms with E-state index in [-0.39, 0.29) is 56.9 Å². The fraction of sp³-hybridized carbons (Fsp3) is 0.182. The molecule has 0 bridgehead atoms. The first kappa shape index (κ1) is 18.6. The van der Waals surface area contributed by atoms with Crippen molar-refractivity contribution in [2.75, 3.05) is 0 Å². The van der Waals surface area contributed by atoms with E-state index < -0.39 is 30.2 Å². The number of hydrogen-bond donors (Lipinski definition) is 2. The minimum atomic E-state index is -1.57. The number of benzene rings is 1. The van der Waals surface area contributed by atoms with E-state index in [2.05, 4.69) is 5.32 Å². The molecule has 0 aliphatic carbocycles. The molecule has 0 fully saturated rings. The van der Waals surface area contributed by atoms with Gasteiger partial charge in [-0.15, -0.1) is 0 Å². The molecule has 1 radical (unpaired) electrons. The number of carboxylic acids is 1. The van der Waals surface area contributed by atoms with Gasteiger partial charge in [0.1, 0.15) is 0 Å². The Morgan fingerprint density at radius 1 is 1.26 bits per heavy atom. The van der Waals surface area contributed by atoms with Crippen molar-refractivity contribution in [1.29, 1.82) is 0 Å². The number of rotatable bonds is 5. The number of primary amides is 1. The average Bonchev–Trinajstić information content (AvgIpc) is 2.28. The van der Waals surface area contributed by atoms with E-state index in [4.69, 9.17) is 17.3 Å². The van der Waals surface area contributed by atoms with E-state index in [1.54, 1.807) is 0 Å². The third kappa shape index (κ3) is 6.51. The molecule has 19 heavy (non-hydrogen) atoms. The van der Waals surface area contributed by atoms with Crippen LogP contribution in [0.2, 0.25) is 5.02 Å². The van der Waals surface area contributed by atoms with Gasteiger partial charge < -0.3 is 21.0 Å². The van der Waals surface area contributed by atoms with Crippen LogP contribution in [0.5, 0.6) is 0 Å². The maximum atomic E-state index is 11.7. The van der Waals surface area contributed by atoms with Gasteiger partial charge in [0.05, 0.1) is 18.4 Å². The first-order valence-electron chi connectivity index (χ1n) is 4.95. The van der Waals surface area contributed by atoms with E-state index in [9.17, 15) is 19.5 Å². The molecule has 1 rings (SSSR count). The maximum absolute atomic E-state index is 11.7. The molecule has 0 saturated carbocycles. The first-order valence-corrected chi connectivity index (χ1v) is 5.33. The van der Waals surface area contributed by atoms with Gasteiger partial charge in [0.15, 0.2) is 0 Å². The van der Waals surface area contributed by atoms with Crippen molar-refractivity contribution in [3.63, 3.8) is 0 Å². The maximum Gasteiger partial charge on any atom is 0.251 e. The molecule has 6 nitrogen and oxygen atoms in total. The van der Waals surface area contributed by atoms with Gasteiger partial charge in [-0.3, -0.25) is 9.59 Å². The minimum Gasteiger partial charge on any atom is -0.548 e. The van der Waals surface area contributed by atoms with E-state index in [1.165, 1.54) is 24.3 Å². The first-order chi connectivity index (χ1) is 8.40. The molecule has 0 aliphatic heterocycles. The number of carbonyl (C=O) groups excluding carboxylic acids is 3. The van der Waals surface area contributed by atoms with Crippen LogP contribution in [0.4, 0.5) is 0 Å². The van der Waals surface area contributed by atoms with Gasteiger partial charge in [0, 0.05) is 62.0 Å². The standard InChI is InChI=1S/C11H11ClN2O4.K/c12-7-3-1-6(2-4-7)10(16)14-8(11(17)18)5-9(13)15;/h1-4,8H,5H2,(H2,13,15)(H,14,16)(H,17,18);/p-1. The van der Waals surface area contributed by atoms with Crippen LogP contribution in [-0.4, -0.2) is 75.2 Å². The molecule has 1 atom stereocenters. The Morgan fingerprint density at radius 3 is 2.21 bits per heavy atom. The number of nitrogens with two attached hydrogens (primary N) is 1. The Hall–Kier alpha value is -0.444. The number of amides is 2. The molecule has 3 N–H and O–H groups in total. The normalized spacial score (nSPS) is 11.0. The molecule has 0 spiro atoms. The zero-order chi connectivity index (χ0) is 13.7. The SMILES string of the molecule is NC(=O)CC(NC(=O)c1ccc(Cl)cc1)C(=O)[O-].[K]. The number of halogens is 1. The summed E-state index contributed by atoms with van der Waals surface area (Å²) < 4.78 is 0. The van der Waals surface area contributed by atoms with Crippen molar-refractivity contribution >= 4 is 80.8 Å². The predicted molar refractivity (Wildman–Crippen MR) is 67.3 cm³/mol. The number of carboxylic acid groups (broad SMARTS) is 1. The van der Waals surface area contributed by atoms with Crippen molar-refractivity contribution in [2.24, 2.45) is 5.73 Å². The number of aliphatic carboxylic acids is 1. The minimum absolute atomic E-state index is 0. The van der Waals surface area contributed by atoms with Crippen molar-refractivity contribution in [1.82, 2.24) is 5.32 Å². The second kappa shape index (κ2) is 8.67. The topological polar surface area (TPSA) is 112 Å². The summed E-state index contributed by atoms with van der Waals surface area (Å²) in [6.07, 6.45) is -0.526. The van der Waals surface area contributed by atoms with E-state index in [0.717, 1.165) is 0 Å².